The van der Waals surface area contributed by atoms with Gasteiger partial charge in [-0.15, -0.1) is 4.48 Å². The Balaban J connectivity index is 5.37. The quantitative estimate of drug-likeness (QED) is 0.422. The smallest absolute Gasteiger partial charge is 0.187 e. The third kappa shape index (κ3) is 2.30. The molecule has 0 aromatic rings. The highest BCUT2D eigenvalue weighted by molar-refractivity contribution is 4.89. The molecule has 0 atom stereocenters. The van der Waals surface area contributed by atoms with Crippen LogP contribution in [0.2, 0.25) is 0 Å². The minimum Gasteiger partial charge on any atom is -0.187 e. The number of hydrogen-bond acceptors (Lipinski definition) is 1. The zero-order valence-corrected chi connectivity index (χ0v) is 6.60. The van der Waals surface area contributed by atoms with Gasteiger partial charge < -0.3 is 0 Å². The predicted octanol–water partition coefficient (Wildman–Crippen LogP) is 3.48. The first kappa shape index (κ1) is 15.2. The van der Waals surface area contributed by atoms with E-state index in [-0.39, 0.29) is 0 Å². The van der Waals surface area contributed by atoms with E-state index < -0.39 is 29.6 Å². The molecule has 0 aromatic carbocycles. The third-order valence-corrected chi connectivity index (χ3v) is 1.20. The van der Waals surface area contributed by atoms with Crippen LogP contribution < -0.4 is 0 Å². The fourth-order valence-corrected chi connectivity index (χ4v) is 0.453. The second-order valence-corrected chi connectivity index (χ2v) is 2.36. The summed E-state index contributed by atoms with van der Waals surface area (Å²) in [6.07, 6.45) is -13.7. The van der Waals surface area contributed by atoms with Gasteiger partial charge in [0.15, 0.2) is 0 Å². The maximum atomic E-state index is 11.9. The summed E-state index contributed by atoms with van der Waals surface area (Å²) in [7, 11) is 0. The maximum Gasteiger partial charge on any atom is 0.492 e. The SMILES string of the molecule is FN(C(F)(F)F)C(F)(F)C(F)(F)C(F)(F)F. The summed E-state index contributed by atoms with van der Waals surface area (Å²) in [4.78, 5) is 0. The van der Waals surface area contributed by atoms with Crippen LogP contribution in [0.5, 0.6) is 0 Å². The summed E-state index contributed by atoms with van der Waals surface area (Å²) in [5, 5.41) is -3.80. The lowest BCUT2D eigenvalue weighted by Crippen LogP contribution is -2.61. The molecule has 0 aliphatic heterocycles. The predicted molar refractivity (Wildman–Crippen MR) is 25.0 cm³/mol. The van der Waals surface area contributed by atoms with Gasteiger partial charge >= 0.3 is 24.4 Å². The van der Waals surface area contributed by atoms with Gasteiger partial charge in [0.2, 0.25) is 0 Å². The number of alkyl halides is 10. The lowest BCUT2D eigenvalue weighted by Gasteiger charge is -2.31. The van der Waals surface area contributed by atoms with E-state index in [1.165, 1.54) is 0 Å². The lowest BCUT2D eigenvalue weighted by atomic mass is 10.2. The summed E-state index contributed by atoms with van der Waals surface area (Å²) in [6, 6.07) is -7.09. The Morgan fingerprint density at radius 3 is 1.12 bits per heavy atom. The van der Waals surface area contributed by atoms with E-state index in [1.807, 2.05) is 0 Å². The van der Waals surface area contributed by atoms with Gasteiger partial charge in [0.1, 0.15) is 0 Å². The Labute approximate surface area is 79.4 Å². The third-order valence-electron chi connectivity index (χ3n) is 1.20. The van der Waals surface area contributed by atoms with Crippen molar-refractivity contribution in [3.8, 4) is 0 Å². The molecule has 0 aromatic heterocycles. The number of nitrogens with zero attached hydrogens (tertiary/aromatic N) is 1. The molecule has 0 saturated carbocycles. The van der Waals surface area contributed by atoms with Crippen molar-refractivity contribution in [1.82, 2.24) is 5.12 Å². The minimum absolute atomic E-state index is 3.80. The molecular weight excluding hydrogens is 271 g/mol. The molecule has 12 heteroatoms. The zero-order chi connectivity index (χ0) is 13.6. The van der Waals surface area contributed by atoms with E-state index in [2.05, 4.69) is 0 Å². The zero-order valence-electron chi connectivity index (χ0n) is 6.60. The summed E-state index contributed by atoms with van der Waals surface area (Å²) in [5.41, 5.74) is 0. The van der Waals surface area contributed by atoms with Crippen LogP contribution in [0, 0.1) is 0 Å². The van der Waals surface area contributed by atoms with Crippen molar-refractivity contribution in [3.05, 3.63) is 0 Å². The number of hydrogen-bond donors (Lipinski definition) is 0. The Bertz CT molecular complexity index is 248. The summed E-state index contributed by atoms with van der Waals surface area (Å²) < 4.78 is 127. The first-order chi connectivity index (χ1) is 6.65. The van der Waals surface area contributed by atoms with Crippen molar-refractivity contribution in [1.29, 1.82) is 0 Å². The van der Waals surface area contributed by atoms with Crippen LogP contribution in [0.4, 0.5) is 48.4 Å². The molecule has 0 amide bonds. The average Bonchev–Trinajstić information content (AvgIpc) is 1.98. The molecule has 0 bridgehead atoms. The van der Waals surface area contributed by atoms with Crippen LogP contribution >= 0.6 is 0 Å². The molecule has 16 heavy (non-hydrogen) atoms. The van der Waals surface area contributed by atoms with Crippen LogP contribution in [0.3, 0.4) is 0 Å². The Kier molecular flexibility index (Phi) is 3.42. The second kappa shape index (κ2) is 3.60. The van der Waals surface area contributed by atoms with E-state index in [0.29, 0.717) is 0 Å². The number of halogens is 11. The average molecular weight is 271 g/mol. The second-order valence-electron chi connectivity index (χ2n) is 2.36. The fourth-order valence-electron chi connectivity index (χ4n) is 0.453. The molecule has 0 saturated heterocycles. The van der Waals surface area contributed by atoms with Crippen LogP contribution in [0.1, 0.15) is 0 Å². The monoisotopic (exact) mass is 271 g/mol. The van der Waals surface area contributed by atoms with Gasteiger partial charge in [-0.2, -0.15) is 43.9 Å². The number of rotatable bonds is 2. The van der Waals surface area contributed by atoms with E-state index in [1.54, 1.807) is 0 Å². The van der Waals surface area contributed by atoms with Crippen molar-refractivity contribution < 1.29 is 48.4 Å². The largest absolute Gasteiger partial charge is 0.492 e. The first-order valence-corrected chi connectivity index (χ1v) is 3.01. The summed E-state index contributed by atoms with van der Waals surface area (Å²) >= 11 is 0. The molecule has 0 radical (unpaired) electrons. The van der Waals surface area contributed by atoms with Gasteiger partial charge in [0.05, 0.1) is 0 Å². The van der Waals surface area contributed by atoms with Crippen molar-refractivity contribution >= 4 is 0 Å². The molecular formula is C4F11N. The maximum absolute atomic E-state index is 11.9. The van der Waals surface area contributed by atoms with Crippen molar-refractivity contribution in [2.75, 3.05) is 0 Å². The fraction of sp³-hybridized carbons (Fsp3) is 1.00. The Morgan fingerprint density at radius 1 is 0.625 bits per heavy atom. The van der Waals surface area contributed by atoms with Gasteiger partial charge in [-0.05, 0) is 0 Å². The van der Waals surface area contributed by atoms with Gasteiger partial charge in [-0.3, -0.25) is 0 Å². The van der Waals surface area contributed by atoms with Gasteiger partial charge in [0.25, 0.3) is 0 Å². The highest BCUT2D eigenvalue weighted by Gasteiger charge is 2.79. The van der Waals surface area contributed by atoms with Crippen molar-refractivity contribution in [2.24, 2.45) is 0 Å². The van der Waals surface area contributed by atoms with Crippen LogP contribution in [0.15, 0.2) is 0 Å². The van der Waals surface area contributed by atoms with Gasteiger partial charge in [-0.1, -0.05) is 0 Å². The van der Waals surface area contributed by atoms with E-state index in [0.717, 1.165) is 0 Å². The van der Waals surface area contributed by atoms with Gasteiger partial charge in [0, 0.05) is 5.12 Å². The molecule has 98 valence electrons. The molecule has 0 fully saturated rings. The summed E-state index contributed by atoms with van der Waals surface area (Å²) in [5.74, 6) is -7.19. The summed E-state index contributed by atoms with van der Waals surface area (Å²) in [6.45, 7) is 0. The molecule has 0 aliphatic rings. The topological polar surface area (TPSA) is 3.24 Å². The minimum atomic E-state index is -7.19. The highest BCUT2D eigenvalue weighted by Crippen LogP contribution is 2.50. The molecule has 0 N–H and O–H groups in total. The highest BCUT2D eigenvalue weighted by atomic mass is 19.4. The molecule has 0 unspecified atom stereocenters. The van der Waals surface area contributed by atoms with Crippen molar-refractivity contribution in [3.63, 3.8) is 0 Å². The molecule has 0 heterocycles. The first-order valence-electron chi connectivity index (χ1n) is 3.01. The van der Waals surface area contributed by atoms with Crippen LogP contribution in [-0.4, -0.2) is 29.6 Å². The Morgan fingerprint density at radius 2 is 0.938 bits per heavy atom. The normalized spacial score (nSPS) is 15.8. The van der Waals surface area contributed by atoms with E-state index in [4.69, 9.17) is 0 Å². The Hall–Kier alpha value is -0.810. The van der Waals surface area contributed by atoms with E-state index >= 15 is 0 Å². The molecule has 0 aliphatic carbocycles. The van der Waals surface area contributed by atoms with Crippen LogP contribution in [-0.2, 0) is 0 Å². The molecule has 1 nitrogen and oxygen atoms in total. The molecule has 0 spiro atoms. The van der Waals surface area contributed by atoms with Crippen molar-refractivity contribution in [2.45, 2.75) is 24.4 Å². The van der Waals surface area contributed by atoms with E-state index in [9.17, 15) is 48.4 Å². The molecule has 0 rings (SSSR count). The lowest BCUT2D eigenvalue weighted by molar-refractivity contribution is -0.472. The standard InChI is InChI=1S/C4F11N/c5-1(6,2(7,8)9)3(10,11)16(15)4(12,13)14. The van der Waals surface area contributed by atoms with Crippen LogP contribution in [0.25, 0.3) is 0 Å². The van der Waals surface area contributed by atoms with Gasteiger partial charge in [-0.25, -0.2) is 0 Å².